The molecule has 0 aliphatic heterocycles. The van der Waals surface area contributed by atoms with Gasteiger partial charge in [-0.1, -0.05) is 18.2 Å². The number of hydrogen-bond acceptors (Lipinski definition) is 4. The van der Waals surface area contributed by atoms with E-state index in [-0.39, 0.29) is 11.9 Å². The van der Waals surface area contributed by atoms with Crippen LogP contribution in [-0.2, 0) is 11.2 Å². The summed E-state index contributed by atoms with van der Waals surface area (Å²) in [5.41, 5.74) is 3.70. The lowest BCUT2D eigenvalue weighted by Crippen LogP contribution is -2.09. The van der Waals surface area contributed by atoms with Crippen LogP contribution in [0.5, 0.6) is 5.75 Å². The van der Waals surface area contributed by atoms with Crippen molar-refractivity contribution in [3.8, 4) is 5.75 Å². The molecule has 1 aliphatic rings. The molecule has 0 fully saturated rings. The third-order valence-corrected chi connectivity index (χ3v) is 4.53. The summed E-state index contributed by atoms with van der Waals surface area (Å²) in [5.74, 6) is 0.481. The molecule has 0 heterocycles. The van der Waals surface area contributed by atoms with E-state index in [1.165, 1.54) is 12.7 Å². The van der Waals surface area contributed by atoms with Gasteiger partial charge in [0, 0.05) is 5.92 Å². The number of ether oxygens (including phenoxy) is 2. The topological polar surface area (TPSA) is 55.8 Å². The van der Waals surface area contributed by atoms with Gasteiger partial charge < -0.3 is 14.6 Å². The van der Waals surface area contributed by atoms with Crippen LogP contribution in [0, 0.1) is 0 Å². The Kier molecular flexibility index (Phi) is 4.35. The number of carbonyl (C=O) groups is 1. The third-order valence-electron chi connectivity index (χ3n) is 4.53. The molecule has 4 nitrogen and oxygen atoms in total. The van der Waals surface area contributed by atoms with E-state index in [9.17, 15) is 9.90 Å². The Hall–Kier alpha value is -2.33. The zero-order chi connectivity index (χ0) is 16.4. The Morgan fingerprint density at radius 3 is 2.57 bits per heavy atom. The van der Waals surface area contributed by atoms with Crippen molar-refractivity contribution >= 4 is 5.97 Å². The molecule has 0 spiro atoms. The highest BCUT2D eigenvalue weighted by atomic mass is 16.5. The minimum absolute atomic E-state index is 0.0454. The van der Waals surface area contributed by atoms with Crippen LogP contribution in [0.25, 0.3) is 0 Å². The number of hydrogen-bond donors (Lipinski definition) is 1. The number of fused-ring (bicyclic) bond motifs is 1. The average molecular weight is 312 g/mol. The first-order valence-corrected chi connectivity index (χ1v) is 7.67. The van der Waals surface area contributed by atoms with Crippen LogP contribution >= 0.6 is 0 Å². The van der Waals surface area contributed by atoms with Crippen molar-refractivity contribution in [1.29, 1.82) is 0 Å². The number of aryl methyl sites for hydroxylation is 1. The van der Waals surface area contributed by atoms with Crippen LogP contribution in [0.2, 0.25) is 0 Å². The van der Waals surface area contributed by atoms with Gasteiger partial charge in [0.1, 0.15) is 5.75 Å². The highest BCUT2D eigenvalue weighted by Gasteiger charge is 2.30. The molecule has 0 saturated carbocycles. The van der Waals surface area contributed by atoms with Gasteiger partial charge >= 0.3 is 5.97 Å². The summed E-state index contributed by atoms with van der Waals surface area (Å²) in [5, 5.41) is 10.8. The third kappa shape index (κ3) is 2.94. The highest BCUT2D eigenvalue weighted by molar-refractivity contribution is 5.89. The number of aliphatic hydroxyl groups excluding tert-OH is 1. The lowest BCUT2D eigenvalue weighted by atomic mass is 9.90. The summed E-state index contributed by atoms with van der Waals surface area (Å²) >= 11 is 0. The molecule has 0 aromatic heterocycles. The van der Waals surface area contributed by atoms with E-state index in [1.807, 2.05) is 12.1 Å². The van der Waals surface area contributed by atoms with Gasteiger partial charge in [-0.15, -0.1) is 0 Å². The zero-order valence-corrected chi connectivity index (χ0v) is 13.3. The van der Waals surface area contributed by atoms with Gasteiger partial charge in [-0.3, -0.25) is 0 Å². The quantitative estimate of drug-likeness (QED) is 0.881. The van der Waals surface area contributed by atoms with Crippen molar-refractivity contribution in [2.75, 3.05) is 14.2 Å². The first-order valence-electron chi connectivity index (χ1n) is 7.67. The van der Waals surface area contributed by atoms with Crippen molar-refractivity contribution < 1.29 is 19.4 Å². The Morgan fingerprint density at radius 2 is 1.91 bits per heavy atom. The summed E-state index contributed by atoms with van der Waals surface area (Å²) in [6.45, 7) is 0. The minimum atomic E-state index is -0.602. The number of rotatable bonds is 4. The van der Waals surface area contributed by atoms with E-state index in [0.29, 0.717) is 5.56 Å². The summed E-state index contributed by atoms with van der Waals surface area (Å²) in [6, 6.07) is 13.0. The van der Waals surface area contributed by atoms with Gasteiger partial charge in [-0.2, -0.15) is 0 Å². The maximum atomic E-state index is 11.5. The van der Waals surface area contributed by atoms with Gasteiger partial charge in [-0.05, 0) is 53.8 Å². The van der Waals surface area contributed by atoms with Crippen LogP contribution in [0.1, 0.15) is 45.5 Å². The molecule has 2 unspecified atom stereocenters. The fourth-order valence-electron chi connectivity index (χ4n) is 3.23. The highest BCUT2D eigenvalue weighted by Crippen LogP contribution is 2.42. The second-order valence-electron chi connectivity index (χ2n) is 5.77. The molecule has 1 N–H and O–H groups in total. The van der Waals surface area contributed by atoms with Gasteiger partial charge in [-0.25, -0.2) is 4.79 Å². The Labute approximate surface area is 135 Å². The smallest absolute Gasteiger partial charge is 0.337 e. The molecular formula is C19H20O4. The first kappa shape index (κ1) is 15.6. The molecule has 4 heteroatoms. The fourth-order valence-corrected chi connectivity index (χ4v) is 3.23. The summed E-state index contributed by atoms with van der Waals surface area (Å²) in [4.78, 5) is 11.5. The predicted octanol–water partition coefficient (Wildman–Crippen LogP) is 3.25. The molecule has 0 radical (unpaired) electrons. The van der Waals surface area contributed by atoms with Gasteiger partial charge in [0.15, 0.2) is 0 Å². The lowest BCUT2D eigenvalue weighted by molar-refractivity contribution is 0.0600. The number of methoxy groups -OCH3 is 2. The van der Waals surface area contributed by atoms with E-state index in [1.54, 1.807) is 31.4 Å². The fraction of sp³-hybridized carbons (Fsp3) is 0.316. The number of carbonyl (C=O) groups excluding carboxylic acids is 1. The normalized spacial score (nSPS) is 17.4. The van der Waals surface area contributed by atoms with Gasteiger partial charge in [0.05, 0.1) is 25.9 Å². The average Bonchev–Trinajstić information content (AvgIpc) is 3.03. The molecule has 2 atom stereocenters. The molecule has 0 bridgehead atoms. The zero-order valence-electron chi connectivity index (χ0n) is 13.3. The molecule has 2 aromatic carbocycles. The van der Waals surface area contributed by atoms with Crippen LogP contribution < -0.4 is 4.74 Å². The number of benzene rings is 2. The SMILES string of the molecule is COC(=O)c1ccc(C(O)C2CCc3ccc(OC)cc32)cc1. The first-order chi connectivity index (χ1) is 11.1. The van der Waals surface area contributed by atoms with E-state index in [0.717, 1.165) is 29.7 Å². The summed E-state index contributed by atoms with van der Waals surface area (Å²) in [6.07, 6.45) is 1.26. The molecule has 3 rings (SSSR count). The van der Waals surface area contributed by atoms with Crippen molar-refractivity contribution in [3.05, 3.63) is 64.7 Å². The molecule has 23 heavy (non-hydrogen) atoms. The maximum Gasteiger partial charge on any atom is 0.337 e. The van der Waals surface area contributed by atoms with Crippen LogP contribution in [0.15, 0.2) is 42.5 Å². The lowest BCUT2D eigenvalue weighted by Gasteiger charge is -2.20. The summed E-state index contributed by atoms with van der Waals surface area (Å²) in [7, 11) is 3.00. The number of esters is 1. The Balaban J connectivity index is 1.85. The second-order valence-corrected chi connectivity index (χ2v) is 5.77. The number of aliphatic hydroxyl groups is 1. The monoisotopic (exact) mass is 312 g/mol. The van der Waals surface area contributed by atoms with Crippen molar-refractivity contribution in [1.82, 2.24) is 0 Å². The van der Waals surface area contributed by atoms with Crippen molar-refractivity contribution in [2.24, 2.45) is 0 Å². The molecular weight excluding hydrogens is 292 g/mol. The molecule has 120 valence electrons. The van der Waals surface area contributed by atoms with E-state index in [4.69, 9.17) is 9.47 Å². The minimum Gasteiger partial charge on any atom is -0.497 e. The molecule has 2 aromatic rings. The Bertz CT molecular complexity index is 706. The molecule has 0 amide bonds. The van der Waals surface area contributed by atoms with Crippen LogP contribution in [0.3, 0.4) is 0 Å². The van der Waals surface area contributed by atoms with Gasteiger partial charge in [0.2, 0.25) is 0 Å². The van der Waals surface area contributed by atoms with Crippen molar-refractivity contribution in [3.63, 3.8) is 0 Å². The standard InChI is InChI=1S/C19H20O4/c1-22-15-9-7-12-8-10-16(17(12)11-15)18(20)13-3-5-14(6-4-13)19(21)23-2/h3-7,9,11,16,18,20H,8,10H2,1-2H3. The van der Waals surface area contributed by atoms with Crippen molar-refractivity contribution in [2.45, 2.75) is 24.9 Å². The summed E-state index contributed by atoms with van der Waals surface area (Å²) < 4.78 is 9.99. The predicted molar refractivity (Wildman–Crippen MR) is 86.8 cm³/mol. The largest absolute Gasteiger partial charge is 0.497 e. The van der Waals surface area contributed by atoms with E-state index < -0.39 is 6.10 Å². The molecule has 1 aliphatic carbocycles. The van der Waals surface area contributed by atoms with Gasteiger partial charge in [0.25, 0.3) is 0 Å². The molecule has 0 saturated heterocycles. The van der Waals surface area contributed by atoms with Crippen LogP contribution in [0.4, 0.5) is 0 Å². The maximum absolute atomic E-state index is 11.5. The Morgan fingerprint density at radius 1 is 1.17 bits per heavy atom. The van der Waals surface area contributed by atoms with Crippen LogP contribution in [-0.4, -0.2) is 25.3 Å². The second kappa shape index (κ2) is 6.42. The van der Waals surface area contributed by atoms with E-state index in [2.05, 4.69) is 6.07 Å². The van der Waals surface area contributed by atoms with E-state index >= 15 is 0 Å².